The molecule has 3 rings (SSSR count). The first-order chi connectivity index (χ1) is 10.2. The van der Waals surface area contributed by atoms with Crippen LogP contribution < -0.4 is 15.4 Å². The van der Waals surface area contributed by atoms with Crippen LogP contribution in [0.25, 0.3) is 0 Å². The van der Waals surface area contributed by atoms with Gasteiger partial charge in [0, 0.05) is 18.4 Å². The Bertz CT molecular complexity index is 654. The Morgan fingerprint density at radius 2 is 2.10 bits per heavy atom. The van der Waals surface area contributed by atoms with Crippen LogP contribution in [0.3, 0.4) is 0 Å². The number of anilines is 2. The SMILES string of the molecule is Cc1cnc(CN2CCCOc3ccccc32)c(C)c1N. The highest BCUT2D eigenvalue weighted by Gasteiger charge is 2.18. The van der Waals surface area contributed by atoms with E-state index in [1.54, 1.807) is 0 Å². The molecule has 21 heavy (non-hydrogen) atoms. The second-order valence-corrected chi connectivity index (χ2v) is 5.52. The summed E-state index contributed by atoms with van der Waals surface area (Å²) in [4.78, 5) is 6.90. The molecule has 4 nitrogen and oxygen atoms in total. The van der Waals surface area contributed by atoms with Gasteiger partial charge in [0.1, 0.15) is 5.75 Å². The molecule has 4 heteroatoms. The lowest BCUT2D eigenvalue weighted by atomic mass is 10.1. The standard InChI is InChI=1S/C17H21N3O/c1-12-10-19-14(13(2)17(12)18)11-20-8-5-9-21-16-7-4-3-6-15(16)20/h3-4,6-7,10H,5,8-9,11H2,1-2H3,(H2,18,19). The minimum Gasteiger partial charge on any atom is -0.491 e. The Labute approximate surface area is 125 Å². The van der Waals surface area contributed by atoms with Crippen molar-refractivity contribution in [2.45, 2.75) is 26.8 Å². The highest BCUT2D eigenvalue weighted by molar-refractivity contribution is 5.60. The fourth-order valence-electron chi connectivity index (χ4n) is 2.70. The first kappa shape index (κ1) is 13.7. The summed E-state index contributed by atoms with van der Waals surface area (Å²) in [6, 6.07) is 8.19. The van der Waals surface area contributed by atoms with Gasteiger partial charge in [-0.15, -0.1) is 0 Å². The van der Waals surface area contributed by atoms with Crippen LogP contribution in [0.2, 0.25) is 0 Å². The minimum atomic E-state index is 0.760. The molecule has 0 unspecified atom stereocenters. The highest BCUT2D eigenvalue weighted by atomic mass is 16.5. The summed E-state index contributed by atoms with van der Waals surface area (Å²) in [5, 5.41) is 0. The van der Waals surface area contributed by atoms with Crippen molar-refractivity contribution in [1.82, 2.24) is 4.98 Å². The van der Waals surface area contributed by atoms with E-state index in [0.29, 0.717) is 0 Å². The average Bonchev–Trinajstić information content (AvgIpc) is 2.70. The van der Waals surface area contributed by atoms with Crippen LogP contribution in [0.5, 0.6) is 5.75 Å². The maximum Gasteiger partial charge on any atom is 0.142 e. The molecule has 1 aliphatic rings. The first-order valence-corrected chi connectivity index (χ1v) is 7.34. The molecule has 1 aliphatic heterocycles. The number of ether oxygens (including phenoxy) is 1. The van der Waals surface area contributed by atoms with Gasteiger partial charge in [0.2, 0.25) is 0 Å². The molecule has 0 spiro atoms. The maximum atomic E-state index is 6.13. The minimum absolute atomic E-state index is 0.760. The number of benzene rings is 1. The van der Waals surface area contributed by atoms with Gasteiger partial charge in [-0.1, -0.05) is 12.1 Å². The summed E-state index contributed by atoms with van der Waals surface area (Å²) in [7, 11) is 0. The average molecular weight is 283 g/mol. The van der Waals surface area contributed by atoms with Gasteiger partial charge in [0.25, 0.3) is 0 Å². The van der Waals surface area contributed by atoms with Crippen LogP contribution >= 0.6 is 0 Å². The summed E-state index contributed by atoms with van der Waals surface area (Å²) in [5.41, 5.74) is 11.3. The van der Waals surface area contributed by atoms with Crippen molar-refractivity contribution in [2.24, 2.45) is 0 Å². The lowest BCUT2D eigenvalue weighted by Crippen LogP contribution is -2.24. The topological polar surface area (TPSA) is 51.4 Å². The van der Waals surface area contributed by atoms with Gasteiger partial charge in [-0.3, -0.25) is 4.98 Å². The molecule has 1 aromatic heterocycles. The third kappa shape index (κ3) is 2.66. The quantitative estimate of drug-likeness (QED) is 0.920. The van der Waals surface area contributed by atoms with Gasteiger partial charge in [0.15, 0.2) is 0 Å². The van der Waals surface area contributed by atoms with E-state index in [0.717, 1.165) is 60.1 Å². The Hall–Kier alpha value is -2.23. The lowest BCUT2D eigenvalue weighted by Gasteiger charge is -2.24. The molecule has 0 aliphatic carbocycles. The zero-order chi connectivity index (χ0) is 14.8. The molecule has 2 N–H and O–H groups in total. The molecule has 0 saturated heterocycles. The van der Waals surface area contributed by atoms with E-state index in [-0.39, 0.29) is 0 Å². The van der Waals surface area contributed by atoms with Crippen molar-refractivity contribution in [3.05, 3.63) is 47.3 Å². The van der Waals surface area contributed by atoms with Crippen LogP contribution in [0.15, 0.2) is 30.5 Å². The van der Waals surface area contributed by atoms with E-state index >= 15 is 0 Å². The fraction of sp³-hybridized carbons (Fsp3) is 0.353. The van der Waals surface area contributed by atoms with Crippen molar-refractivity contribution in [3.8, 4) is 5.75 Å². The van der Waals surface area contributed by atoms with Gasteiger partial charge in [-0.05, 0) is 43.5 Å². The molecule has 0 amide bonds. The summed E-state index contributed by atoms with van der Waals surface area (Å²) in [6.45, 7) is 6.53. The smallest absolute Gasteiger partial charge is 0.142 e. The molecule has 0 fully saturated rings. The molecule has 110 valence electrons. The van der Waals surface area contributed by atoms with Crippen molar-refractivity contribution < 1.29 is 4.74 Å². The second kappa shape index (κ2) is 5.64. The van der Waals surface area contributed by atoms with E-state index < -0.39 is 0 Å². The van der Waals surface area contributed by atoms with Gasteiger partial charge >= 0.3 is 0 Å². The third-order valence-corrected chi connectivity index (χ3v) is 4.05. The maximum absolute atomic E-state index is 6.13. The van der Waals surface area contributed by atoms with Crippen LogP contribution in [0.4, 0.5) is 11.4 Å². The predicted octanol–water partition coefficient (Wildman–Crippen LogP) is 3.07. The van der Waals surface area contributed by atoms with E-state index in [2.05, 4.69) is 16.0 Å². The van der Waals surface area contributed by atoms with E-state index in [4.69, 9.17) is 10.5 Å². The number of pyridine rings is 1. The zero-order valence-electron chi connectivity index (χ0n) is 12.6. The Balaban J connectivity index is 1.93. The largest absolute Gasteiger partial charge is 0.491 e. The molecular weight excluding hydrogens is 262 g/mol. The van der Waals surface area contributed by atoms with Crippen molar-refractivity contribution in [1.29, 1.82) is 0 Å². The highest BCUT2D eigenvalue weighted by Crippen LogP contribution is 2.32. The molecule has 2 heterocycles. The van der Waals surface area contributed by atoms with Crippen LogP contribution in [-0.2, 0) is 6.54 Å². The van der Waals surface area contributed by atoms with Crippen molar-refractivity contribution in [2.75, 3.05) is 23.8 Å². The Morgan fingerprint density at radius 1 is 1.29 bits per heavy atom. The van der Waals surface area contributed by atoms with Gasteiger partial charge in [-0.25, -0.2) is 0 Å². The molecule has 2 aromatic rings. The summed E-state index contributed by atoms with van der Waals surface area (Å²) in [5.74, 6) is 0.952. The Morgan fingerprint density at radius 3 is 2.95 bits per heavy atom. The molecule has 0 bridgehead atoms. The number of nitrogen functional groups attached to an aromatic ring is 1. The normalized spacial score (nSPS) is 14.3. The molecule has 0 atom stereocenters. The number of nitrogens with zero attached hydrogens (tertiary/aromatic N) is 2. The van der Waals surface area contributed by atoms with Gasteiger partial charge in [-0.2, -0.15) is 0 Å². The van der Waals surface area contributed by atoms with E-state index in [9.17, 15) is 0 Å². The number of fused-ring (bicyclic) bond motifs is 1. The number of nitrogens with two attached hydrogens (primary N) is 1. The monoisotopic (exact) mass is 283 g/mol. The fourth-order valence-corrected chi connectivity index (χ4v) is 2.70. The zero-order valence-corrected chi connectivity index (χ0v) is 12.6. The molecule has 0 saturated carbocycles. The summed E-state index contributed by atoms with van der Waals surface area (Å²) < 4.78 is 5.80. The van der Waals surface area contributed by atoms with Crippen molar-refractivity contribution >= 4 is 11.4 Å². The molecular formula is C17H21N3O. The van der Waals surface area contributed by atoms with Gasteiger partial charge in [0.05, 0.1) is 24.5 Å². The third-order valence-electron chi connectivity index (χ3n) is 4.05. The summed E-state index contributed by atoms with van der Waals surface area (Å²) in [6.07, 6.45) is 2.87. The molecule has 1 aromatic carbocycles. The van der Waals surface area contributed by atoms with E-state index in [1.807, 2.05) is 38.2 Å². The molecule has 0 radical (unpaired) electrons. The number of rotatable bonds is 2. The Kier molecular flexibility index (Phi) is 3.69. The number of hydrogen-bond donors (Lipinski definition) is 1. The number of para-hydroxylation sites is 2. The van der Waals surface area contributed by atoms with Crippen LogP contribution in [0, 0.1) is 13.8 Å². The first-order valence-electron chi connectivity index (χ1n) is 7.34. The van der Waals surface area contributed by atoms with Crippen LogP contribution in [-0.4, -0.2) is 18.1 Å². The second-order valence-electron chi connectivity index (χ2n) is 5.52. The number of aryl methyl sites for hydroxylation is 1. The van der Waals surface area contributed by atoms with Gasteiger partial charge < -0.3 is 15.4 Å². The number of aromatic nitrogens is 1. The van der Waals surface area contributed by atoms with E-state index in [1.165, 1.54) is 0 Å². The van der Waals surface area contributed by atoms with Crippen molar-refractivity contribution in [3.63, 3.8) is 0 Å². The van der Waals surface area contributed by atoms with Crippen LogP contribution in [0.1, 0.15) is 23.2 Å². The number of hydrogen-bond acceptors (Lipinski definition) is 4. The predicted molar refractivity (Wildman–Crippen MR) is 85.7 cm³/mol. The lowest BCUT2D eigenvalue weighted by molar-refractivity contribution is 0.322. The summed E-state index contributed by atoms with van der Waals surface area (Å²) >= 11 is 0.